The van der Waals surface area contributed by atoms with Crippen LogP contribution in [0.25, 0.3) is 0 Å². The molecule has 1 aromatic rings. The fraction of sp³-hybridized carbons (Fsp3) is 0.538. The minimum Gasteiger partial charge on any atom is -0.489 e. The number of nitrogens with one attached hydrogen (secondary N) is 1. The number of halogens is 3. The molecule has 0 saturated carbocycles. The molecule has 6 heteroatoms. The Morgan fingerprint density at radius 2 is 1.95 bits per heavy atom. The lowest BCUT2D eigenvalue weighted by Gasteiger charge is -2.14. The normalized spacial score (nSPS) is 23.6. The number of aliphatic hydroxyl groups is 1. The van der Waals surface area contributed by atoms with E-state index in [4.69, 9.17) is 9.84 Å². The molecular formula is C13H16F3NO2. The largest absolute Gasteiger partial charge is 0.489 e. The summed E-state index contributed by atoms with van der Waals surface area (Å²) in [5, 5.41) is 12.0. The summed E-state index contributed by atoms with van der Waals surface area (Å²) < 4.78 is 42.8. The third-order valence-corrected chi connectivity index (χ3v) is 3.14. The predicted octanol–water partition coefficient (Wildman–Crippen LogP) is 2.20. The average Bonchev–Trinajstić information content (AvgIpc) is 2.77. The van der Waals surface area contributed by atoms with Crippen LogP contribution in [0.5, 0.6) is 5.75 Å². The molecule has 2 N–H and O–H groups in total. The van der Waals surface area contributed by atoms with E-state index in [1.165, 1.54) is 12.1 Å². The first-order valence-electron chi connectivity index (χ1n) is 6.17. The number of aliphatic hydroxyl groups excluding tert-OH is 1. The molecule has 106 valence electrons. The quantitative estimate of drug-likeness (QED) is 0.885. The Labute approximate surface area is 109 Å². The van der Waals surface area contributed by atoms with Gasteiger partial charge in [-0.05, 0) is 30.7 Å². The average molecular weight is 275 g/mol. The van der Waals surface area contributed by atoms with E-state index in [2.05, 4.69) is 5.32 Å². The lowest BCUT2D eigenvalue weighted by atomic mass is 10.1. The fourth-order valence-electron chi connectivity index (χ4n) is 2.16. The summed E-state index contributed by atoms with van der Waals surface area (Å²) in [6, 6.07) is 4.92. The second-order valence-electron chi connectivity index (χ2n) is 4.62. The zero-order chi connectivity index (χ0) is 13.9. The van der Waals surface area contributed by atoms with Crippen molar-refractivity contribution in [2.24, 2.45) is 0 Å². The van der Waals surface area contributed by atoms with E-state index in [1.807, 2.05) is 0 Å². The van der Waals surface area contributed by atoms with Crippen LogP contribution in [0.4, 0.5) is 13.2 Å². The Kier molecular flexibility index (Phi) is 4.31. The maximum Gasteiger partial charge on any atom is 0.416 e. The second-order valence-corrected chi connectivity index (χ2v) is 4.62. The molecule has 0 radical (unpaired) electrons. The molecule has 0 amide bonds. The lowest BCUT2D eigenvalue weighted by molar-refractivity contribution is -0.137. The molecule has 19 heavy (non-hydrogen) atoms. The van der Waals surface area contributed by atoms with Crippen LogP contribution in [0.3, 0.4) is 0 Å². The first kappa shape index (κ1) is 14.1. The van der Waals surface area contributed by atoms with Gasteiger partial charge in [0.1, 0.15) is 11.9 Å². The number of ether oxygens (including phenoxy) is 1. The van der Waals surface area contributed by atoms with Gasteiger partial charge in [-0.25, -0.2) is 0 Å². The van der Waals surface area contributed by atoms with Crippen LogP contribution in [0, 0.1) is 0 Å². The SMILES string of the molecule is OCC[C@@H]1C[C@@H](Oc2ccc(C(F)(F)F)cc2)CN1. The van der Waals surface area contributed by atoms with Gasteiger partial charge in [-0.3, -0.25) is 0 Å². The van der Waals surface area contributed by atoms with Gasteiger partial charge >= 0.3 is 6.18 Å². The maximum atomic E-state index is 12.4. The van der Waals surface area contributed by atoms with Crippen molar-refractivity contribution < 1.29 is 23.0 Å². The van der Waals surface area contributed by atoms with Crippen LogP contribution in [0.1, 0.15) is 18.4 Å². The Hall–Kier alpha value is -1.27. The Balaban J connectivity index is 1.90. The Morgan fingerprint density at radius 1 is 1.26 bits per heavy atom. The van der Waals surface area contributed by atoms with Crippen LogP contribution in [0.15, 0.2) is 24.3 Å². The van der Waals surface area contributed by atoms with Crippen molar-refractivity contribution in [3.63, 3.8) is 0 Å². The molecule has 1 aliphatic heterocycles. The molecule has 2 atom stereocenters. The third-order valence-electron chi connectivity index (χ3n) is 3.14. The van der Waals surface area contributed by atoms with Crippen molar-refractivity contribution in [2.45, 2.75) is 31.2 Å². The van der Waals surface area contributed by atoms with Crippen LogP contribution in [0.2, 0.25) is 0 Å². The Morgan fingerprint density at radius 3 is 2.53 bits per heavy atom. The maximum absolute atomic E-state index is 12.4. The van der Waals surface area contributed by atoms with Crippen molar-refractivity contribution >= 4 is 0 Å². The van der Waals surface area contributed by atoms with E-state index in [1.54, 1.807) is 0 Å². The van der Waals surface area contributed by atoms with Gasteiger partial charge < -0.3 is 15.2 Å². The summed E-state index contributed by atoms with van der Waals surface area (Å²) in [5.74, 6) is 0.435. The van der Waals surface area contributed by atoms with Gasteiger partial charge in [0, 0.05) is 25.6 Å². The summed E-state index contributed by atoms with van der Waals surface area (Å²) in [6.45, 7) is 0.760. The van der Waals surface area contributed by atoms with Crippen LogP contribution in [-0.2, 0) is 6.18 Å². The molecule has 0 spiro atoms. The minimum atomic E-state index is -4.32. The first-order chi connectivity index (χ1) is 8.99. The lowest BCUT2D eigenvalue weighted by Crippen LogP contribution is -2.23. The zero-order valence-corrected chi connectivity index (χ0v) is 10.3. The van der Waals surface area contributed by atoms with Gasteiger partial charge in [0.15, 0.2) is 0 Å². The zero-order valence-electron chi connectivity index (χ0n) is 10.3. The molecular weight excluding hydrogens is 259 g/mol. The summed E-state index contributed by atoms with van der Waals surface area (Å²) in [6.07, 6.45) is -2.97. The van der Waals surface area contributed by atoms with E-state index < -0.39 is 11.7 Å². The summed E-state index contributed by atoms with van der Waals surface area (Å²) in [7, 11) is 0. The number of hydrogen-bond donors (Lipinski definition) is 2. The van der Waals surface area contributed by atoms with Crippen molar-refractivity contribution in [3.8, 4) is 5.75 Å². The van der Waals surface area contributed by atoms with Crippen molar-refractivity contribution in [3.05, 3.63) is 29.8 Å². The number of alkyl halides is 3. The monoisotopic (exact) mass is 275 g/mol. The molecule has 1 heterocycles. The molecule has 1 aliphatic rings. The number of benzene rings is 1. The number of hydrogen-bond acceptors (Lipinski definition) is 3. The topological polar surface area (TPSA) is 41.5 Å². The minimum absolute atomic E-state index is 0.0618. The molecule has 0 aliphatic carbocycles. The van der Waals surface area contributed by atoms with Gasteiger partial charge in [0.2, 0.25) is 0 Å². The van der Waals surface area contributed by atoms with E-state index in [0.717, 1.165) is 18.6 Å². The van der Waals surface area contributed by atoms with Gasteiger partial charge in [-0.2, -0.15) is 13.2 Å². The van der Waals surface area contributed by atoms with E-state index >= 15 is 0 Å². The molecule has 0 aromatic heterocycles. The van der Waals surface area contributed by atoms with Crippen molar-refractivity contribution in [2.75, 3.05) is 13.2 Å². The highest BCUT2D eigenvalue weighted by atomic mass is 19.4. The fourth-order valence-corrected chi connectivity index (χ4v) is 2.16. The summed E-state index contributed by atoms with van der Waals surface area (Å²) in [4.78, 5) is 0. The van der Waals surface area contributed by atoms with Crippen LogP contribution in [-0.4, -0.2) is 30.4 Å². The van der Waals surface area contributed by atoms with Crippen LogP contribution >= 0.6 is 0 Å². The molecule has 0 unspecified atom stereocenters. The van der Waals surface area contributed by atoms with E-state index in [9.17, 15) is 13.2 Å². The van der Waals surface area contributed by atoms with Crippen LogP contribution < -0.4 is 10.1 Å². The standard InChI is InChI=1S/C13H16F3NO2/c14-13(15,16)9-1-3-11(4-2-9)19-12-7-10(5-6-18)17-8-12/h1-4,10,12,17-18H,5-8H2/t10-,12-/m1/s1. The highest BCUT2D eigenvalue weighted by molar-refractivity contribution is 5.29. The van der Waals surface area contributed by atoms with E-state index in [-0.39, 0.29) is 18.8 Å². The predicted molar refractivity (Wildman–Crippen MR) is 64.0 cm³/mol. The molecule has 1 aromatic carbocycles. The van der Waals surface area contributed by atoms with Gasteiger partial charge in [-0.15, -0.1) is 0 Å². The molecule has 3 nitrogen and oxygen atoms in total. The van der Waals surface area contributed by atoms with Gasteiger partial charge in [-0.1, -0.05) is 0 Å². The van der Waals surface area contributed by atoms with E-state index in [0.29, 0.717) is 18.7 Å². The summed E-state index contributed by atoms with van der Waals surface area (Å²) >= 11 is 0. The van der Waals surface area contributed by atoms with Crippen molar-refractivity contribution in [1.29, 1.82) is 0 Å². The first-order valence-corrected chi connectivity index (χ1v) is 6.17. The molecule has 1 saturated heterocycles. The molecule has 0 bridgehead atoms. The highest BCUT2D eigenvalue weighted by Crippen LogP contribution is 2.30. The third kappa shape index (κ3) is 3.84. The number of rotatable bonds is 4. The Bertz CT molecular complexity index is 405. The second kappa shape index (κ2) is 5.79. The highest BCUT2D eigenvalue weighted by Gasteiger charge is 2.30. The smallest absolute Gasteiger partial charge is 0.416 e. The molecule has 2 rings (SSSR count). The molecule has 1 fully saturated rings. The summed E-state index contributed by atoms with van der Waals surface area (Å²) in [5.41, 5.74) is -0.678. The van der Waals surface area contributed by atoms with Crippen molar-refractivity contribution in [1.82, 2.24) is 5.32 Å². The van der Waals surface area contributed by atoms with Gasteiger partial charge in [0.25, 0.3) is 0 Å². The van der Waals surface area contributed by atoms with Gasteiger partial charge in [0.05, 0.1) is 5.56 Å².